The van der Waals surface area contributed by atoms with E-state index in [0.29, 0.717) is 17.7 Å². The fraction of sp³-hybridized carbons (Fsp3) is 0.444. The Balaban J connectivity index is 2.25. The SMILES string of the molecule is CN(c1nccc(/C(N)=N/O)n1)C1CC1. The van der Waals surface area contributed by atoms with Crippen molar-refractivity contribution < 1.29 is 5.21 Å². The number of rotatable bonds is 3. The van der Waals surface area contributed by atoms with Gasteiger partial charge in [0.15, 0.2) is 5.84 Å². The van der Waals surface area contributed by atoms with Gasteiger partial charge in [0.1, 0.15) is 5.69 Å². The van der Waals surface area contributed by atoms with Crippen LogP contribution in [0.25, 0.3) is 0 Å². The number of oxime groups is 1. The molecule has 1 aliphatic carbocycles. The van der Waals surface area contributed by atoms with Crippen LogP contribution in [0.5, 0.6) is 0 Å². The van der Waals surface area contributed by atoms with Crippen LogP contribution in [0.15, 0.2) is 17.4 Å². The first-order valence-corrected chi connectivity index (χ1v) is 4.76. The van der Waals surface area contributed by atoms with E-state index in [2.05, 4.69) is 15.1 Å². The first-order chi connectivity index (χ1) is 7.22. The molecule has 1 fully saturated rings. The van der Waals surface area contributed by atoms with E-state index < -0.39 is 0 Å². The molecule has 15 heavy (non-hydrogen) atoms. The molecule has 1 saturated carbocycles. The molecular formula is C9H13N5O. The van der Waals surface area contributed by atoms with E-state index >= 15 is 0 Å². The zero-order chi connectivity index (χ0) is 10.8. The number of hydrogen-bond donors (Lipinski definition) is 2. The summed E-state index contributed by atoms with van der Waals surface area (Å²) < 4.78 is 0. The second-order valence-electron chi connectivity index (χ2n) is 3.57. The van der Waals surface area contributed by atoms with Gasteiger partial charge in [-0.3, -0.25) is 0 Å². The van der Waals surface area contributed by atoms with Crippen molar-refractivity contribution in [1.82, 2.24) is 9.97 Å². The number of nitrogens with zero attached hydrogens (tertiary/aromatic N) is 4. The average molecular weight is 207 g/mol. The monoisotopic (exact) mass is 207 g/mol. The van der Waals surface area contributed by atoms with Gasteiger partial charge >= 0.3 is 0 Å². The zero-order valence-corrected chi connectivity index (χ0v) is 8.46. The van der Waals surface area contributed by atoms with Crippen LogP contribution in [0, 0.1) is 0 Å². The first-order valence-electron chi connectivity index (χ1n) is 4.76. The van der Waals surface area contributed by atoms with Crippen molar-refractivity contribution in [1.29, 1.82) is 0 Å². The van der Waals surface area contributed by atoms with Crippen molar-refractivity contribution in [2.24, 2.45) is 10.9 Å². The molecule has 1 aliphatic rings. The topological polar surface area (TPSA) is 87.6 Å². The summed E-state index contributed by atoms with van der Waals surface area (Å²) in [6.45, 7) is 0. The normalized spacial score (nSPS) is 16.5. The van der Waals surface area contributed by atoms with E-state index in [9.17, 15) is 0 Å². The smallest absolute Gasteiger partial charge is 0.225 e. The Morgan fingerprint density at radius 2 is 2.40 bits per heavy atom. The lowest BCUT2D eigenvalue weighted by molar-refractivity contribution is 0.318. The fourth-order valence-electron chi connectivity index (χ4n) is 1.34. The van der Waals surface area contributed by atoms with E-state index in [-0.39, 0.29) is 5.84 Å². The molecule has 0 aromatic carbocycles. The van der Waals surface area contributed by atoms with Crippen LogP contribution in [0.1, 0.15) is 18.5 Å². The molecule has 3 N–H and O–H groups in total. The molecule has 1 aromatic rings. The van der Waals surface area contributed by atoms with Crippen LogP contribution in [0.3, 0.4) is 0 Å². The molecular weight excluding hydrogens is 194 g/mol. The lowest BCUT2D eigenvalue weighted by Gasteiger charge is -2.15. The maximum atomic E-state index is 8.53. The third-order valence-electron chi connectivity index (χ3n) is 2.42. The van der Waals surface area contributed by atoms with Gasteiger partial charge in [-0.2, -0.15) is 0 Å². The number of hydrogen-bond acceptors (Lipinski definition) is 5. The molecule has 0 atom stereocenters. The second-order valence-corrected chi connectivity index (χ2v) is 3.57. The van der Waals surface area contributed by atoms with Crippen molar-refractivity contribution in [2.75, 3.05) is 11.9 Å². The quantitative estimate of drug-likeness (QED) is 0.319. The summed E-state index contributed by atoms with van der Waals surface area (Å²) in [5, 5.41) is 11.4. The minimum absolute atomic E-state index is 0.00264. The van der Waals surface area contributed by atoms with Gasteiger partial charge < -0.3 is 15.8 Å². The maximum Gasteiger partial charge on any atom is 0.225 e. The van der Waals surface area contributed by atoms with Gasteiger partial charge in [-0.15, -0.1) is 0 Å². The van der Waals surface area contributed by atoms with Gasteiger partial charge in [0.25, 0.3) is 0 Å². The highest BCUT2D eigenvalue weighted by Crippen LogP contribution is 2.27. The first kappa shape index (κ1) is 9.70. The Kier molecular flexibility index (Phi) is 2.40. The molecule has 0 radical (unpaired) electrons. The van der Waals surface area contributed by atoms with Crippen molar-refractivity contribution in [3.05, 3.63) is 18.0 Å². The van der Waals surface area contributed by atoms with Crippen LogP contribution in [-0.2, 0) is 0 Å². The van der Waals surface area contributed by atoms with Crippen molar-refractivity contribution in [3.63, 3.8) is 0 Å². The molecule has 0 aliphatic heterocycles. The predicted molar refractivity (Wildman–Crippen MR) is 56.0 cm³/mol. The Morgan fingerprint density at radius 3 is 3.00 bits per heavy atom. The van der Waals surface area contributed by atoms with Gasteiger partial charge in [-0.05, 0) is 18.9 Å². The molecule has 0 saturated heterocycles. The molecule has 0 spiro atoms. The highest BCUT2D eigenvalue weighted by Gasteiger charge is 2.28. The summed E-state index contributed by atoms with van der Waals surface area (Å²) in [4.78, 5) is 10.4. The summed E-state index contributed by atoms with van der Waals surface area (Å²) >= 11 is 0. The number of amidine groups is 1. The van der Waals surface area contributed by atoms with Crippen LogP contribution < -0.4 is 10.6 Å². The Labute approximate surface area is 87.4 Å². The van der Waals surface area contributed by atoms with E-state index in [1.54, 1.807) is 12.3 Å². The summed E-state index contributed by atoms with van der Waals surface area (Å²) in [5.74, 6) is 0.615. The molecule has 0 amide bonds. The van der Waals surface area contributed by atoms with Crippen LogP contribution in [0.4, 0.5) is 5.95 Å². The molecule has 0 bridgehead atoms. The minimum atomic E-state index is 0.00264. The summed E-state index contributed by atoms with van der Waals surface area (Å²) in [6, 6.07) is 2.15. The highest BCUT2D eigenvalue weighted by atomic mass is 16.4. The molecule has 6 nitrogen and oxygen atoms in total. The third kappa shape index (κ3) is 1.98. The number of nitrogens with two attached hydrogens (primary N) is 1. The van der Waals surface area contributed by atoms with Crippen molar-refractivity contribution in [2.45, 2.75) is 18.9 Å². The second kappa shape index (κ2) is 3.72. The van der Waals surface area contributed by atoms with Gasteiger partial charge in [0.05, 0.1) is 0 Å². The number of aromatic nitrogens is 2. The van der Waals surface area contributed by atoms with Gasteiger partial charge in [0, 0.05) is 19.3 Å². The summed E-state index contributed by atoms with van der Waals surface area (Å²) in [5.41, 5.74) is 5.89. The van der Waals surface area contributed by atoms with Crippen LogP contribution in [-0.4, -0.2) is 34.1 Å². The average Bonchev–Trinajstić information content (AvgIpc) is 3.11. The van der Waals surface area contributed by atoms with Gasteiger partial charge in [-0.1, -0.05) is 5.16 Å². The van der Waals surface area contributed by atoms with E-state index in [4.69, 9.17) is 10.9 Å². The standard InChI is InChI=1S/C9H13N5O/c1-14(6-2-3-6)9-11-5-4-7(12-9)8(10)13-15/h4-6,15H,2-3H2,1H3,(H2,10,13). The highest BCUT2D eigenvalue weighted by molar-refractivity contribution is 5.95. The van der Waals surface area contributed by atoms with Crippen molar-refractivity contribution in [3.8, 4) is 0 Å². The summed E-state index contributed by atoms with van der Waals surface area (Å²) in [7, 11) is 1.95. The van der Waals surface area contributed by atoms with E-state index in [0.717, 1.165) is 0 Å². The molecule has 1 heterocycles. The van der Waals surface area contributed by atoms with E-state index in [1.807, 2.05) is 11.9 Å². The third-order valence-corrected chi connectivity index (χ3v) is 2.42. The van der Waals surface area contributed by atoms with E-state index in [1.165, 1.54) is 12.8 Å². The fourth-order valence-corrected chi connectivity index (χ4v) is 1.34. The molecule has 2 rings (SSSR count). The Hall–Kier alpha value is -1.85. The Bertz CT molecular complexity index is 388. The van der Waals surface area contributed by atoms with Gasteiger partial charge in [0.2, 0.25) is 5.95 Å². The lowest BCUT2D eigenvalue weighted by Crippen LogP contribution is -2.24. The molecule has 6 heteroatoms. The molecule has 80 valence electrons. The zero-order valence-electron chi connectivity index (χ0n) is 8.46. The summed E-state index contributed by atoms with van der Waals surface area (Å²) in [6.07, 6.45) is 3.95. The van der Waals surface area contributed by atoms with Crippen molar-refractivity contribution >= 4 is 11.8 Å². The Morgan fingerprint density at radius 1 is 1.67 bits per heavy atom. The molecule has 1 aromatic heterocycles. The maximum absolute atomic E-state index is 8.53. The van der Waals surface area contributed by atoms with Gasteiger partial charge in [-0.25, -0.2) is 9.97 Å². The lowest BCUT2D eigenvalue weighted by atomic mass is 10.4. The largest absolute Gasteiger partial charge is 0.409 e. The van der Waals surface area contributed by atoms with Crippen LogP contribution >= 0.6 is 0 Å². The minimum Gasteiger partial charge on any atom is -0.409 e. The predicted octanol–water partition coefficient (Wildman–Crippen LogP) is 0.170. The van der Waals surface area contributed by atoms with Crippen LogP contribution in [0.2, 0.25) is 0 Å². The molecule has 0 unspecified atom stereocenters. The number of anilines is 1.